The van der Waals surface area contributed by atoms with Crippen molar-refractivity contribution in [2.45, 2.75) is 25.8 Å². The Morgan fingerprint density at radius 1 is 0.950 bits per heavy atom. The number of aryl methyl sites for hydroxylation is 1. The van der Waals surface area contributed by atoms with E-state index in [-0.39, 0.29) is 5.56 Å². The molecule has 0 spiro atoms. The smallest absolute Gasteiger partial charge is 0.133 e. The molecule has 2 aromatic rings. The Labute approximate surface area is 116 Å². The summed E-state index contributed by atoms with van der Waals surface area (Å²) in [6.45, 7) is 2.05. The monoisotopic (exact) mass is 279 g/mol. The van der Waals surface area contributed by atoms with E-state index in [2.05, 4.69) is 0 Å². The van der Waals surface area contributed by atoms with Gasteiger partial charge in [-0.25, -0.2) is 13.2 Å². The average Bonchev–Trinajstić information content (AvgIpc) is 2.38. The molecule has 20 heavy (non-hydrogen) atoms. The Hall–Kier alpha value is -1.81. The van der Waals surface area contributed by atoms with E-state index in [0.29, 0.717) is 18.6 Å². The number of hydrogen-bond acceptors (Lipinski definition) is 1. The van der Waals surface area contributed by atoms with Gasteiger partial charge >= 0.3 is 0 Å². The maximum absolute atomic E-state index is 13.6. The normalized spacial score (nSPS) is 12.4. The third-order valence-corrected chi connectivity index (χ3v) is 3.30. The molecule has 1 unspecified atom stereocenters. The van der Waals surface area contributed by atoms with Crippen molar-refractivity contribution in [3.8, 4) is 0 Å². The number of halogens is 3. The highest BCUT2D eigenvalue weighted by Crippen LogP contribution is 2.23. The van der Waals surface area contributed by atoms with Crippen LogP contribution in [0.25, 0.3) is 0 Å². The Morgan fingerprint density at radius 2 is 1.45 bits per heavy atom. The molecule has 2 aromatic carbocycles. The molecule has 0 heterocycles. The minimum absolute atomic E-state index is 0.272. The quantitative estimate of drug-likeness (QED) is 0.902. The molecule has 1 atom stereocenters. The highest BCUT2D eigenvalue weighted by molar-refractivity contribution is 5.28. The summed E-state index contributed by atoms with van der Waals surface area (Å²) in [5.41, 5.74) is 7.64. The van der Waals surface area contributed by atoms with Gasteiger partial charge in [0.25, 0.3) is 0 Å². The van der Waals surface area contributed by atoms with E-state index < -0.39 is 23.5 Å². The highest BCUT2D eigenvalue weighted by atomic mass is 19.1. The average molecular weight is 279 g/mol. The van der Waals surface area contributed by atoms with Crippen molar-refractivity contribution in [2.24, 2.45) is 5.73 Å². The fraction of sp³-hybridized carbons (Fsp3) is 0.250. The van der Waals surface area contributed by atoms with Crippen LogP contribution in [0.2, 0.25) is 0 Å². The van der Waals surface area contributed by atoms with Crippen molar-refractivity contribution < 1.29 is 13.2 Å². The summed E-state index contributed by atoms with van der Waals surface area (Å²) in [5, 5.41) is 0. The zero-order chi connectivity index (χ0) is 14.7. The highest BCUT2D eigenvalue weighted by Gasteiger charge is 2.18. The lowest BCUT2D eigenvalue weighted by Gasteiger charge is -2.14. The van der Waals surface area contributed by atoms with Crippen LogP contribution < -0.4 is 5.73 Å². The lowest BCUT2D eigenvalue weighted by molar-refractivity contribution is 0.501. The van der Waals surface area contributed by atoms with Crippen LogP contribution in [0.3, 0.4) is 0 Å². The van der Waals surface area contributed by atoms with Gasteiger partial charge in [0.1, 0.15) is 17.5 Å². The second-order valence-electron chi connectivity index (χ2n) is 4.76. The molecule has 0 radical (unpaired) electrons. The van der Waals surface area contributed by atoms with Crippen LogP contribution >= 0.6 is 0 Å². The van der Waals surface area contributed by atoms with Gasteiger partial charge in [0.2, 0.25) is 0 Å². The van der Waals surface area contributed by atoms with Gasteiger partial charge in [0, 0.05) is 23.7 Å². The van der Waals surface area contributed by atoms with E-state index in [1.807, 2.05) is 31.2 Å². The maximum Gasteiger partial charge on any atom is 0.133 e. The summed E-state index contributed by atoms with van der Waals surface area (Å²) in [6.07, 6.45) is 1.22. The molecular formula is C16H16F3N. The van der Waals surface area contributed by atoms with E-state index >= 15 is 0 Å². The second-order valence-corrected chi connectivity index (χ2v) is 4.76. The van der Waals surface area contributed by atoms with E-state index in [1.165, 1.54) is 5.56 Å². The second kappa shape index (κ2) is 6.09. The lowest BCUT2D eigenvalue weighted by Crippen LogP contribution is -2.17. The predicted molar refractivity (Wildman–Crippen MR) is 72.8 cm³/mol. The van der Waals surface area contributed by atoms with Crippen molar-refractivity contribution in [2.75, 3.05) is 0 Å². The standard InChI is InChI=1S/C16H16F3N/c1-2-10-3-5-11(6-4-10)7-15(20)16-13(18)8-12(17)9-14(16)19/h3-6,8-9,15H,2,7,20H2,1H3. The summed E-state index contributed by atoms with van der Waals surface area (Å²) in [6, 6.07) is 8.15. The van der Waals surface area contributed by atoms with Crippen LogP contribution in [0, 0.1) is 17.5 Å². The number of nitrogens with two attached hydrogens (primary N) is 1. The molecule has 0 bridgehead atoms. The first kappa shape index (κ1) is 14.6. The van der Waals surface area contributed by atoms with Gasteiger partial charge in [0.05, 0.1) is 0 Å². The zero-order valence-electron chi connectivity index (χ0n) is 11.2. The molecule has 0 aliphatic heterocycles. The first-order valence-electron chi connectivity index (χ1n) is 6.49. The molecule has 1 nitrogen and oxygen atoms in total. The number of hydrogen-bond donors (Lipinski definition) is 1. The molecule has 0 amide bonds. The Kier molecular flexibility index (Phi) is 4.45. The van der Waals surface area contributed by atoms with Gasteiger partial charge in [-0.2, -0.15) is 0 Å². The molecule has 106 valence electrons. The van der Waals surface area contributed by atoms with Gasteiger partial charge < -0.3 is 5.73 Å². The fourth-order valence-corrected chi connectivity index (χ4v) is 2.17. The third-order valence-electron chi connectivity index (χ3n) is 3.30. The van der Waals surface area contributed by atoms with Crippen LogP contribution in [0.1, 0.15) is 29.7 Å². The molecule has 0 fully saturated rings. The first-order valence-corrected chi connectivity index (χ1v) is 6.49. The van der Waals surface area contributed by atoms with Crippen molar-refractivity contribution >= 4 is 0 Å². The largest absolute Gasteiger partial charge is 0.323 e. The van der Waals surface area contributed by atoms with Gasteiger partial charge in [0.15, 0.2) is 0 Å². The lowest BCUT2D eigenvalue weighted by atomic mass is 9.97. The molecule has 0 aliphatic carbocycles. The Bertz CT molecular complexity index is 570. The molecule has 0 aromatic heterocycles. The molecular weight excluding hydrogens is 263 g/mol. The maximum atomic E-state index is 13.6. The van der Waals surface area contributed by atoms with Crippen LogP contribution in [0.4, 0.5) is 13.2 Å². The summed E-state index contributed by atoms with van der Waals surface area (Å²) in [5.74, 6) is -2.83. The predicted octanol–water partition coefficient (Wildman–Crippen LogP) is 3.91. The topological polar surface area (TPSA) is 26.0 Å². The summed E-state index contributed by atoms with van der Waals surface area (Å²) in [4.78, 5) is 0. The molecule has 0 aliphatic rings. The van der Waals surface area contributed by atoms with Gasteiger partial charge in [-0.1, -0.05) is 31.2 Å². The molecule has 0 saturated heterocycles. The van der Waals surface area contributed by atoms with Crippen molar-refractivity contribution in [1.82, 2.24) is 0 Å². The van der Waals surface area contributed by atoms with Crippen LogP contribution in [0.5, 0.6) is 0 Å². The zero-order valence-corrected chi connectivity index (χ0v) is 11.2. The molecule has 2 rings (SSSR count). The van der Waals surface area contributed by atoms with Crippen molar-refractivity contribution in [3.63, 3.8) is 0 Å². The fourth-order valence-electron chi connectivity index (χ4n) is 2.17. The third kappa shape index (κ3) is 3.20. The summed E-state index contributed by atoms with van der Waals surface area (Å²) in [7, 11) is 0. The van der Waals surface area contributed by atoms with Crippen LogP contribution in [-0.2, 0) is 12.8 Å². The summed E-state index contributed by atoms with van der Waals surface area (Å²) < 4.78 is 40.1. The molecule has 2 N–H and O–H groups in total. The van der Waals surface area contributed by atoms with Gasteiger partial charge in [-0.15, -0.1) is 0 Å². The van der Waals surface area contributed by atoms with E-state index in [9.17, 15) is 13.2 Å². The minimum Gasteiger partial charge on any atom is -0.323 e. The number of rotatable bonds is 4. The van der Waals surface area contributed by atoms with Crippen molar-refractivity contribution in [1.29, 1.82) is 0 Å². The van der Waals surface area contributed by atoms with Crippen LogP contribution in [-0.4, -0.2) is 0 Å². The van der Waals surface area contributed by atoms with Crippen molar-refractivity contribution in [3.05, 3.63) is 70.5 Å². The first-order chi connectivity index (χ1) is 9.51. The summed E-state index contributed by atoms with van der Waals surface area (Å²) >= 11 is 0. The minimum atomic E-state index is -0.944. The van der Waals surface area contributed by atoms with Gasteiger partial charge in [-0.05, 0) is 24.0 Å². The van der Waals surface area contributed by atoms with E-state index in [1.54, 1.807) is 0 Å². The van der Waals surface area contributed by atoms with E-state index in [4.69, 9.17) is 5.73 Å². The van der Waals surface area contributed by atoms with Gasteiger partial charge in [-0.3, -0.25) is 0 Å². The Balaban J connectivity index is 2.21. The molecule has 4 heteroatoms. The van der Waals surface area contributed by atoms with E-state index in [0.717, 1.165) is 12.0 Å². The van der Waals surface area contributed by atoms with Crippen LogP contribution in [0.15, 0.2) is 36.4 Å². The number of benzene rings is 2. The Morgan fingerprint density at radius 3 is 1.95 bits per heavy atom. The molecule has 0 saturated carbocycles. The SMILES string of the molecule is CCc1ccc(CC(N)c2c(F)cc(F)cc2F)cc1.